The SMILES string of the molecule is CCO[C@H]1OC(C(=O)NC2CC3CCC2C3)=C[C@@H](c2coc3ccccc23)[C@H]1CCCO. The number of furan rings is 1. The summed E-state index contributed by atoms with van der Waals surface area (Å²) >= 11 is 0. The van der Waals surface area contributed by atoms with Crippen LogP contribution in [0.2, 0.25) is 0 Å². The van der Waals surface area contributed by atoms with Crippen LogP contribution in [0, 0.1) is 17.8 Å². The second kappa shape index (κ2) is 9.28. The van der Waals surface area contributed by atoms with E-state index in [0.29, 0.717) is 24.7 Å². The van der Waals surface area contributed by atoms with Gasteiger partial charge in [-0.15, -0.1) is 0 Å². The zero-order valence-electron chi connectivity index (χ0n) is 18.7. The van der Waals surface area contributed by atoms with Crippen LogP contribution in [0.25, 0.3) is 11.0 Å². The van der Waals surface area contributed by atoms with Gasteiger partial charge in [0.05, 0.1) is 6.26 Å². The van der Waals surface area contributed by atoms with E-state index >= 15 is 0 Å². The second-order valence-electron chi connectivity index (χ2n) is 9.47. The van der Waals surface area contributed by atoms with Crippen molar-refractivity contribution < 1.29 is 23.8 Å². The molecule has 6 atom stereocenters. The maximum absolute atomic E-state index is 13.3. The Morgan fingerprint density at radius 2 is 2.12 bits per heavy atom. The number of aliphatic hydroxyl groups excluding tert-OH is 1. The predicted octanol–water partition coefficient (Wildman–Crippen LogP) is 4.49. The van der Waals surface area contributed by atoms with E-state index in [-0.39, 0.29) is 30.4 Å². The van der Waals surface area contributed by atoms with Crippen LogP contribution in [0.4, 0.5) is 0 Å². The Kier molecular flexibility index (Phi) is 6.24. The van der Waals surface area contributed by atoms with E-state index < -0.39 is 6.29 Å². The number of carbonyl (C=O) groups is 1. The molecule has 2 bridgehead atoms. The molecule has 3 unspecified atom stereocenters. The van der Waals surface area contributed by atoms with Gasteiger partial charge in [0.2, 0.25) is 6.29 Å². The van der Waals surface area contributed by atoms with Crippen molar-refractivity contribution in [3.63, 3.8) is 0 Å². The number of nitrogens with one attached hydrogen (secondary N) is 1. The lowest BCUT2D eigenvalue weighted by Crippen LogP contribution is -2.43. The average molecular weight is 440 g/mol. The van der Waals surface area contributed by atoms with Crippen LogP contribution in [-0.2, 0) is 14.3 Å². The molecular formula is C26H33NO5. The first-order valence-corrected chi connectivity index (χ1v) is 12.1. The number of hydrogen-bond acceptors (Lipinski definition) is 5. The molecule has 3 aliphatic rings. The summed E-state index contributed by atoms with van der Waals surface area (Å²) in [7, 11) is 0. The van der Waals surface area contributed by atoms with E-state index in [1.807, 2.05) is 37.3 Å². The van der Waals surface area contributed by atoms with Gasteiger partial charge in [-0.25, -0.2) is 0 Å². The van der Waals surface area contributed by atoms with Gasteiger partial charge >= 0.3 is 0 Å². The molecule has 1 aliphatic heterocycles. The molecule has 6 nitrogen and oxygen atoms in total. The van der Waals surface area contributed by atoms with Gasteiger partial charge in [0.25, 0.3) is 5.91 Å². The highest BCUT2D eigenvalue weighted by Gasteiger charge is 2.42. The van der Waals surface area contributed by atoms with E-state index in [1.54, 1.807) is 6.26 Å². The number of hydrogen-bond donors (Lipinski definition) is 2. The summed E-state index contributed by atoms with van der Waals surface area (Å²) in [6, 6.07) is 8.20. The molecule has 1 aromatic carbocycles. The monoisotopic (exact) mass is 439 g/mol. The topological polar surface area (TPSA) is 80.9 Å². The number of amides is 1. The second-order valence-corrected chi connectivity index (χ2v) is 9.47. The quantitative estimate of drug-likeness (QED) is 0.634. The molecule has 0 saturated heterocycles. The third kappa shape index (κ3) is 4.06. The Hall–Kier alpha value is -2.31. The van der Waals surface area contributed by atoms with Gasteiger partial charge in [-0.2, -0.15) is 0 Å². The fourth-order valence-corrected chi connectivity index (χ4v) is 6.04. The van der Waals surface area contributed by atoms with Crippen LogP contribution < -0.4 is 5.32 Å². The van der Waals surface area contributed by atoms with Crippen molar-refractivity contribution in [2.24, 2.45) is 17.8 Å². The van der Waals surface area contributed by atoms with Crippen LogP contribution in [0.3, 0.4) is 0 Å². The Morgan fingerprint density at radius 3 is 2.88 bits per heavy atom. The maximum Gasteiger partial charge on any atom is 0.286 e. The van der Waals surface area contributed by atoms with Crippen molar-refractivity contribution in [3.8, 4) is 0 Å². The summed E-state index contributed by atoms with van der Waals surface area (Å²) in [5, 5.41) is 13.8. The molecule has 2 aliphatic carbocycles. The normalized spacial score (nSPS) is 31.5. The number of ether oxygens (including phenoxy) is 2. The average Bonchev–Trinajstić information content (AvgIpc) is 3.53. The van der Waals surface area contributed by atoms with Gasteiger partial charge in [0.1, 0.15) is 5.58 Å². The predicted molar refractivity (Wildman–Crippen MR) is 121 cm³/mol. The van der Waals surface area contributed by atoms with E-state index in [1.165, 1.54) is 19.3 Å². The van der Waals surface area contributed by atoms with Crippen LogP contribution in [0.5, 0.6) is 0 Å². The molecule has 1 amide bonds. The number of para-hydroxylation sites is 1. The molecule has 0 radical (unpaired) electrons. The van der Waals surface area contributed by atoms with Crippen LogP contribution in [-0.4, -0.2) is 36.6 Å². The van der Waals surface area contributed by atoms with E-state index in [2.05, 4.69) is 5.32 Å². The standard InChI is InChI=1S/C26H33NO5/c1-2-30-26-19(7-5-11-28)20(21-15-31-23-8-4-3-6-18(21)23)14-24(32-26)25(29)27-22-13-16-9-10-17(22)12-16/h3-4,6,8,14-17,19-20,22,26,28H,2,5,7,9-13H2,1H3,(H,27,29)/t16?,17?,19-,20-,22?,26+/m1/s1. The molecule has 5 rings (SSSR count). The van der Waals surface area contributed by atoms with Crippen LogP contribution in [0.15, 0.2) is 46.8 Å². The third-order valence-corrected chi connectivity index (χ3v) is 7.56. The Morgan fingerprint density at radius 1 is 1.25 bits per heavy atom. The molecule has 1 aromatic heterocycles. The number of benzene rings is 1. The largest absolute Gasteiger partial charge is 0.464 e. The molecule has 2 heterocycles. The molecule has 2 aromatic rings. The van der Waals surface area contributed by atoms with Gasteiger partial charge in [0.15, 0.2) is 5.76 Å². The summed E-state index contributed by atoms with van der Waals surface area (Å²) in [4.78, 5) is 13.3. The van der Waals surface area contributed by atoms with Gasteiger partial charge < -0.3 is 24.3 Å². The van der Waals surface area contributed by atoms with Crippen LogP contribution in [0.1, 0.15) is 56.9 Å². The Bertz CT molecular complexity index is 982. The lowest BCUT2D eigenvalue weighted by Gasteiger charge is -2.37. The van der Waals surface area contributed by atoms with Crippen molar-refractivity contribution in [1.82, 2.24) is 5.32 Å². The number of rotatable bonds is 8. The third-order valence-electron chi connectivity index (χ3n) is 7.56. The van der Waals surface area contributed by atoms with Crippen molar-refractivity contribution in [2.45, 2.75) is 63.7 Å². The van der Waals surface area contributed by atoms with E-state index in [4.69, 9.17) is 13.9 Å². The molecule has 0 spiro atoms. The van der Waals surface area contributed by atoms with E-state index in [9.17, 15) is 9.90 Å². The van der Waals surface area contributed by atoms with Crippen molar-refractivity contribution in [2.75, 3.05) is 13.2 Å². The molecular weight excluding hydrogens is 406 g/mol. The molecule has 32 heavy (non-hydrogen) atoms. The Balaban J connectivity index is 1.46. The highest BCUT2D eigenvalue weighted by Crippen LogP contribution is 2.45. The smallest absolute Gasteiger partial charge is 0.286 e. The van der Waals surface area contributed by atoms with Crippen LogP contribution >= 0.6 is 0 Å². The highest BCUT2D eigenvalue weighted by atomic mass is 16.7. The molecule has 172 valence electrons. The van der Waals surface area contributed by atoms with Gasteiger partial charge in [-0.05, 0) is 63.0 Å². The van der Waals surface area contributed by atoms with Crippen molar-refractivity contribution >= 4 is 16.9 Å². The zero-order valence-corrected chi connectivity index (χ0v) is 18.7. The first-order valence-electron chi connectivity index (χ1n) is 12.1. The van der Waals surface area contributed by atoms with Gasteiger partial charge in [-0.3, -0.25) is 4.79 Å². The molecule has 2 N–H and O–H groups in total. The van der Waals surface area contributed by atoms with E-state index in [0.717, 1.165) is 35.3 Å². The number of fused-ring (bicyclic) bond motifs is 3. The van der Waals surface area contributed by atoms with Crippen molar-refractivity contribution in [1.29, 1.82) is 0 Å². The summed E-state index contributed by atoms with van der Waals surface area (Å²) in [5.41, 5.74) is 1.85. The summed E-state index contributed by atoms with van der Waals surface area (Å²) in [6.07, 6.45) is 9.38. The minimum Gasteiger partial charge on any atom is -0.464 e. The van der Waals surface area contributed by atoms with Gasteiger partial charge in [-0.1, -0.05) is 24.6 Å². The first-order chi connectivity index (χ1) is 15.7. The zero-order chi connectivity index (χ0) is 22.1. The lowest BCUT2D eigenvalue weighted by molar-refractivity contribution is -0.166. The fraction of sp³-hybridized carbons (Fsp3) is 0.577. The lowest BCUT2D eigenvalue weighted by atomic mass is 9.80. The summed E-state index contributed by atoms with van der Waals surface area (Å²) in [5.74, 6) is 1.42. The number of allylic oxidation sites excluding steroid dienone is 1. The Labute approximate surface area is 189 Å². The first kappa shape index (κ1) is 21.5. The fourth-order valence-electron chi connectivity index (χ4n) is 6.04. The van der Waals surface area contributed by atoms with Gasteiger partial charge in [0, 0.05) is 42.0 Å². The number of aliphatic hydroxyl groups is 1. The van der Waals surface area contributed by atoms with Crippen molar-refractivity contribution in [3.05, 3.63) is 47.9 Å². The summed E-state index contributed by atoms with van der Waals surface area (Å²) in [6.45, 7) is 2.53. The minimum atomic E-state index is -0.545. The molecule has 2 saturated carbocycles. The maximum atomic E-state index is 13.3. The minimum absolute atomic E-state index is 0.0258. The number of carbonyl (C=O) groups excluding carboxylic acids is 1. The molecule has 2 fully saturated rings. The highest BCUT2D eigenvalue weighted by molar-refractivity contribution is 5.92. The molecule has 6 heteroatoms. The summed E-state index contributed by atoms with van der Waals surface area (Å²) < 4.78 is 17.9.